The van der Waals surface area contributed by atoms with Crippen molar-refractivity contribution in [2.45, 2.75) is 0 Å². The first kappa shape index (κ1) is 11.0. The molecule has 0 aromatic carbocycles. The zero-order valence-electron chi connectivity index (χ0n) is 5.05. The number of carbonyl (C=O) groups excluding carboxylic acids is 1. The number of carbonyl (C=O) groups is 1. The van der Waals surface area contributed by atoms with E-state index < -0.39 is 0 Å². The first-order chi connectivity index (χ1) is 2.91. The van der Waals surface area contributed by atoms with E-state index in [1.165, 1.54) is 0 Å². The summed E-state index contributed by atoms with van der Waals surface area (Å²) in [6.07, 6.45) is 0.702. The van der Waals surface area contributed by atoms with E-state index in [9.17, 15) is 4.79 Å². The van der Waals surface area contributed by atoms with Crippen molar-refractivity contribution >= 4 is 18.0 Å². The molecule has 0 aliphatic heterocycles. The maximum Gasteiger partial charge on any atom is 1.00 e. The van der Waals surface area contributed by atoms with Crippen LogP contribution >= 0.6 is 11.8 Å². The van der Waals surface area contributed by atoms with Crippen LogP contribution in [0.5, 0.6) is 0 Å². The Bertz CT molecular complexity index is 83.8. The van der Waals surface area contributed by atoms with Crippen molar-refractivity contribution < 1.29 is 57.6 Å². The molecular formula is C3H4KNOS. The molecule has 2 nitrogen and oxygen atoms in total. The van der Waals surface area contributed by atoms with E-state index in [1.807, 2.05) is 0 Å². The molecule has 7 heavy (non-hydrogen) atoms. The van der Waals surface area contributed by atoms with Gasteiger partial charge in [-0.1, -0.05) is 0 Å². The Morgan fingerprint density at radius 2 is 2.57 bits per heavy atom. The van der Waals surface area contributed by atoms with E-state index in [-0.39, 0.29) is 58.6 Å². The van der Waals surface area contributed by atoms with Crippen LogP contribution in [0.2, 0.25) is 0 Å². The Kier molecular flexibility index (Phi) is 16.0. The van der Waals surface area contributed by atoms with E-state index in [4.69, 9.17) is 5.26 Å². The monoisotopic (exact) mass is 141 g/mol. The van der Waals surface area contributed by atoms with Crippen LogP contribution in [0.4, 0.5) is 0 Å². The number of hydrogen-bond acceptors (Lipinski definition) is 3. The molecule has 0 spiro atoms. The largest absolute Gasteiger partial charge is 1.00 e. The molecule has 0 aromatic rings. The second-order valence-electron chi connectivity index (χ2n) is 0.569. The summed E-state index contributed by atoms with van der Waals surface area (Å²) in [6.45, 7) is 0. The number of thioether (sulfide) groups is 1. The maximum absolute atomic E-state index is 9.39. The van der Waals surface area contributed by atoms with Crippen LogP contribution in [-0.2, 0) is 4.79 Å². The average Bonchev–Trinajstić information content (AvgIpc) is 1.61. The Labute approximate surface area is 90.6 Å². The Hall–Kier alpha value is 1.15. The second-order valence-corrected chi connectivity index (χ2v) is 1.37. The molecule has 0 saturated carbocycles. The smallest absolute Gasteiger partial charge is 1.00 e. The van der Waals surface area contributed by atoms with Crippen LogP contribution < -0.4 is 51.4 Å². The molecule has 4 heteroatoms. The summed E-state index contributed by atoms with van der Waals surface area (Å²) < 4.78 is 0. The van der Waals surface area contributed by atoms with Gasteiger partial charge in [0.05, 0.1) is 5.75 Å². The predicted octanol–water partition coefficient (Wildman–Crippen LogP) is -2.48. The Balaban J connectivity index is -0.000000125. The van der Waals surface area contributed by atoms with Gasteiger partial charge in [0, 0.05) is 0 Å². The van der Waals surface area contributed by atoms with E-state index in [0.29, 0.717) is 6.29 Å². The minimum atomic E-state index is 0. The van der Waals surface area contributed by atoms with Crippen molar-refractivity contribution in [2.75, 3.05) is 5.75 Å². The number of rotatable bonds is 2. The van der Waals surface area contributed by atoms with Gasteiger partial charge in [-0.15, -0.1) is 0 Å². The van der Waals surface area contributed by atoms with Crippen LogP contribution in [0.15, 0.2) is 0 Å². The molecule has 0 radical (unpaired) electrons. The molecule has 0 amide bonds. The summed E-state index contributed by atoms with van der Waals surface area (Å²) in [7, 11) is 0. The van der Waals surface area contributed by atoms with Crippen molar-refractivity contribution in [3.05, 3.63) is 0 Å². The molecule has 0 rings (SSSR count). The van der Waals surface area contributed by atoms with Gasteiger partial charge < -0.3 is 6.22 Å². The standard InChI is InChI=1S/C3H3NOS.K.H/c4-3-6-2-1-5;;/h1H,2H2;;/q;+1;-1. The van der Waals surface area contributed by atoms with Gasteiger partial charge in [-0.25, -0.2) is 0 Å². The van der Waals surface area contributed by atoms with Gasteiger partial charge in [-0.05, 0) is 11.8 Å². The number of aldehydes is 1. The predicted molar refractivity (Wildman–Crippen MR) is 25.2 cm³/mol. The molecule has 0 aliphatic rings. The zero-order valence-corrected chi connectivity index (χ0v) is 7.99. The fourth-order valence-electron chi connectivity index (χ4n) is 0.0713. The van der Waals surface area contributed by atoms with Crippen LogP contribution in [0.3, 0.4) is 0 Å². The molecule has 0 atom stereocenters. The molecule has 0 unspecified atom stereocenters. The van der Waals surface area contributed by atoms with E-state index >= 15 is 0 Å². The summed E-state index contributed by atoms with van der Waals surface area (Å²) in [5, 5.41) is 9.51. The minimum absolute atomic E-state index is 0. The van der Waals surface area contributed by atoms with Crippen molar-refractivity contribution in [3.63, 3.8) is 0 Å². The summed E-state index contributed by atoms with van der Waals surface area (Å²) in [4.78, 5) is 9.39. The van der Waals surface area contributed by atoms with Gasteiger partial charge in [-0.2, -0.15) is 5.26 Å². The van der Waals surface area contributed by atoms with E-state index in [1.54, 1.807) is 5.40 Å². The third-order valence-corrected chi connectivity index (χ3v) is 0.648. The molecule has 0 aliphatic carbocycles. The van der Waals surface area contributed by atoms with Crippen LogP contribution in [0, 0.1) is 10.7 Å². The Morgan fingerprint density at radius 3 is 2.71 bits per heavy atom. The van der Waals surface area contributed by atoms with E-state index in [0.717, 1.165) is 11.8 Å². The molecule has 0 aromatic heterocycles. The summed E-state index contributed by atoms with van der Waals surface area (Å²) in [6, 6.07) is 0. The summed E-state index contributed by atoms with van der Waals surface area (Å²) >= 11 is 0.946. The maximum atomic E-state index is 9.39. The van der Waals surface area contributed by atoms with Crippen LogP contribution in [0.1, 0.15) is 1.43 Å². The topological polar surface area (TPSA) is 40.9 Å². The number of nitriles is 1. The molecule has 0 bridgehead atoms. The minimum Gasteiger partial charge on any atom is -1.00 e. The number of nitrogens with zero attached hydrogens (tertiary/aromatic N) is 1. The van der Waals surface area contributed by atoms with Crippen molar-refractivity contribution in [2.24, 2.45) is 0 Å². The number of thiocyanates is 1. The molecule has 34 valence electrons. The number of hydrogen-bond donors (Lipinski definition) is 0. The quantitative estimate of drug-likeness (QED) is 0.185. The molecule has 0 heterocycles. The first-order valence-corrected chi connectivity index (χ1v) is 2.35. The van der Waals surface area contributed by atoms with Gasteiger partial charge in [0.2, 0.25) is 0 Å². The van der Waals surface area contributed by atoms with Gasteiger partial charge >= 0.3 is 51.4 Å². The molecular weight excluding hydrogens is 137 g/mol. The molecule has 0 saturated heterocycles. The fraction of sp³-hybridized carbons (Fsp3) is 0.333. The average molecular weight is 141 g/mol. The van der Waals surface area contributed by atoms with Gasteiger partial charge in [-0.3, -0.25) is 0 Å². The van der Waals surface area contributed by atoms with E-state index in [2.05, 4.69) is 0 Å². The van der Waals surface area contributed by atoms with Crippen LogP contribution in [-0.4, -0.2) is 12.0 Å². The molecule has 0 N–H and O–H groups in total. The third kappa shape index (κ3) is 11.0. The van der Waals surface area contributed by atoms with Gasteiger partial charge in [0.1, 0.15) is 11.7 Å². The van der Waals surface area contributed by atoms with Crippen molar-refractivity contribution in [3.8, 4) is 5.40 Å². The zero-order chi connectivity index (χ0) is 4.83. The van der Waals surface area contributed by atoms with Crippen molar-refractivity contribution in [1.29, 1.82) is 5.26 Å². The Morgan fingerprint density at radius 1 is 2.00 bits per heavy atom. The normalized spacial score (nSPS) is 5.57. The second kappa shape index (κ2) is 10.2. The molecule has 0 fully saturated rings. The van der Waals surface area contributed by atoms with Crippen molar-refractivity contribution in [1.82, 2.24) is 0 Å². The SMILES string of the molecule is N#CSCC=O.[H-].[K+]. The fourth-order valence-corrected chi connectivity index (χ4v) is 0.214. The van der Waals surface area contributed by atoms with Gasteiger partial charge in [0.15, 0.2) is 0 Å². The first-order valence-electron chi connectivity index (χ1n) is 1.36. The van der Waals surface area contributed by atoms with Gasteiger partial charge in [0.25, 0.3) is 0 Å². The third-order valence-electron chi connectivity index (χ3n) is 0.216. The summed E-state index contributed by atoms with van der Waals surface area (Å²) in [5.74, 6) is 0.288. The van der Waals surface area contributed by atoms with Crippen LogP contribution in [0.25, 0.3) is 0 Å². The summed E-state index contributed by atoms with van der Waals surface area (Å²) in [5.41, 5.74) is 0.